The molecular formula is C24H31N7O4. The highest BCUT2D eigenvalue weighted by atomic mass is 16.6. The lowest BCUT2D eigenvalue weighted by atomic mass is 10.1. The summed E-state index contributed by atoms with van der Waals surface area (Å²) in [5.74, 6) is 1.05. The number of hydrogen-bond acceptors (Lipinski definition) is 9. The standard InChI is InChI=1S/C24H31N7O4/c1-24(2,3)35-23(32)27-18-5-4-16(14-25-18)19-20-21(29-22(28-19)30-8-12-34-13-9-30)31(15-26-20)17-6-10-33-11-7-17/h4-5,14-15,17H,6-13H2,1-3H3,(H,25,27,32). The Balaban J connectivity index is 1.49. The Labute approximate surface area is 203 Å². The van der Waals surface area contributed by atoms with Crippen LogP contribution < -0.4 is 10.2 Å². The molecule has 186 valence electrons. The highest BCUT2D eigenvalue weighted by molar-refractivity contribution is 5.89. The first kappa shape index (κ1) is 23.4. The van der Waals surface area contributed by atoms with Crippen LogP contribution in [0.3, 0.4) is 0 Å². The summed E-state index contributed by atoms with van der Waals surface area (Å²) in [5.41, 5.74) is 2.44. The zero-order chi connectivity index (χ0) is 24.4. The smallest absolute Gasteiger partial charge is 0.413 e. The second-order valence-corrected chi connectivity index (χ2v) is 9.70. The first-order chi connectivity index (χ1) is 16.9. The maximum Gasteiger partial charge on any atom is 0.413 e. The minimum atomic E-state index is -0.588. The van der Waals surface area contributed by atoms with Gasteiger partial charge >= 0.3 is 6.09 Å². The first-order valence-electron chi connectivity index (χ1n) is 12.0. The Morgan fingerprint density at radius 1 is 1.06 bits per heavy atom. The lowest BCUT2D eigenvalue weighted by Crippen LogP contribution is -2.37. The average molecular weight is 482 g/mol. The van der Waals surface area contributed by atoms with Crippen molar-refractivity contribution in [2.75, 3.05) is 49.7 Å². The molecule has 0 aliphatic carbocycles. The van der Waals surface area contributed by atoms with Gasteiger partial charge in [-0.2, -0.15) is 4.98 Å². The molecule has 5 rings (SSSR count). The molecule has 3 aromatic heterocycles. The third-order valence-electron chi connectivity index (χ3n) is 5.95. The summed E-state index contributed by atoms with van der Waals surface area (Å²) in [7, 11) is 0. The average Bonchev–Trinajstić information content (AvgIpc) is 3.28. The van der Waals surface area contributed by atoms with Gasteiger partial charge in [0.15, 0.2) is 5.65 Å². The molecule has 0 unspecified atom stereocenters. The van der Waals surface area contributed by atoms with Crippen LogP contribution in [0.1, 0.15) is 39.7 Å². The monoisotopic (exact) mass is 481 g/mol. The quantitative estimate of drug-likeness (QED) is 0.598. The van der Waals surface area contributed by atoms with Crippen LogP contribution in [0, 0.1) is 0 Å². The van der Waals surface area contributed by atoms with Crippen molar-refractivity contribution in [3.05, 3.63) is 24.7 Å². The van der Waals surface area contributed by atoms with Gasteiger partial charge in [0.25, 0.3) is 0 Å². The minimum absolute atomic E-state index is 0.285. The maximum absolute atomic E-state index is 12.1. The van der Waals surface area contributed by atoms with E-state index in [9.17, 15) is 4.79 Å². The van der Waals surface area contributed by atoms with E-state index in [1.165, 1.54) is 0 Å². The van der Waals surface area contributed by atoms with E-state index in [0.717, 1.165) is 55.9 Å². The fraction of sp³-hybridized carbons (Fsp3) is 0.542. The summed E-state index contributed by atoms with van der Waals surface area (Å²) < 4.78 is 18.5. The second-order valence-electron chi connectivity index (χ2n) is 9.70. The molecule has 0 spiro atoms. The van der Waals surface area contributed by atoms with Crippen molar-refractivity contribution in [1.29, 1.82) is 0 Å². The van der Waals surface area contributed by atoms with Gasteiger partial charge in [-0.3, -0.25) is 5.32 Å². The molecule has 2 aliphatic rings. The summed E-state index contributed by atoms with van der Waals surface area (Å²) in [6, 6.07) is 3.89. The third kappa shape index (κ3) is 5.35. The number of anilines is 2. The Bertz CT molecular complexity index is 1180. The van der Waals surface area contributed by atoms with Gasteiger partial charge in [0.05, 0.1) is 19.5 Å². The molecule has 3 aromatic rings. The number of ether oxygens (including phenoxy) is 3. The zero-order valence-electron chi connectivity index (χ0n) is 20.4. The van der Waals surface area contributed by atoms with Gasteiger partial charge in [-0.1, -0.05) is 0 Å². The summed E-state index contributed by atoms with van der Waals surface area (Å²) in [5, 5.41) is 2.67. The molecule has 0 radical (unpaired) electrons. The highest BCUT2D eigenvalue weighted by Crippen LogP contribution is 2.31. The van der Waals surface area contributed by atoms with E-state index in [-0.39, 0.29) is 6.04 Å². The summed E-state index contributed by atoms with van der Waals surface area (Å²) in [4.78, 5) is 33.2. The molecule has 0 atom stereocenters. The largest absolute Gasteiger partial charge is 0.444 e. The highest BCUT2D eigenvalue weighted by Gasteiger charge is 2.24. The normalized spacial score (nSPS) is 17.5. The van der Waals surface area contributed by atoms with Crippen LogP contribution in [0.4, 0.5) is 16.6 Å². The minimum Gasteiger partial charge on any atom is -0.444 e. The number of nitrogens with zero attached hydrogens (tertiary/aromatic N) is 6. The summed E-state index contributed by atoms with van der Waals surface area (Å²) in [6.07, 6.45) is 4.83. The van der Waals surface area contributed by atoms with E-state index in [2.05, 4.69) is 19.8 Å². The predicted octanol–water partition coefficient (Wildman–Crippen LogP) is 3.42. The Morgan fingerprint density at radius 2 is 1.80 bits per heavy atom. The molecule has 11 nitrogen and oxygen atoms in total. The van der Waals surface area contributed by atoms with E-state index >= 15 is 0 Å². The SMILES string of the molecule is CC(C)(C)OC(=O)Nc1ccc(-c2nc(N3CCOCC3)nc3c2ncn3C2CCOCC2)cn1. The molecular weight excluding hydrogens is 450 g/mol. The molecule has 1 amide bonds. The van der Waals surface area contributed by atoms with E-state index in [1.54, 1.807) is 12.3 Å². The van der Waals surface area contributed by atoms with E-state index in [4.69, 9.17) is 29.2 Å². The third-order valence-corrected chi connectivity index (χ3v) is 5.95. The fourth-order valence-corrected chi connectivity index (χ4v) is 4.26. The van der Waals surface area contributed by atoms with Crippen LogP contribution in [0.2, 0.25) is 0 Å². The van der Waals surface area contributed by atoms with Crippen LogP contribution in [0.25, 0.3) is 22.4 Å². The number of hydrogen-bond donors (Lipinski definition) is 1. The molecule has 5 heterocycles. The molecule has 2 fully saturated rings. The van der Waals surface area contributed by atoms with Gasteiger partial charge in [-0.25, -0.2) is 19.7 Å². The number of morpholine rings is 1. The Kier molecular flexibility index (Phi) is 6.52. The Hall–Kier alpha value is -3.31. The van der Waals surface area contributed by atoms with Crippen molar-refractivity contribution in [3.63, 3.8) is 0 Å². The fourth-order valence-electron chi connectivity index (χ4n) is 4.26. The Morgan fingerprint density at radius 3 is 2.49 bits per heavy atom. The van der Waals surface area contributed by atoms with Gasteiger partial charge in [0.1, 0.15) is 22.6 Å². The molecule has 0 bridgehead atoms. The number of amides is 1. The number of carbonyl (C=O) groups excluding carboxylic acids is 1. The number of carbonyl (C=O) groups is 1. The van der Waals surface area contributed by atoms with Crippen molar-refractivity contribution < 1.29 is 19.0 Å². The number of pyridine rings is 1. The summed E-state index contributed by atoms with van der Waals surface area (Å²) in [6.45, 7) is 9.65. The topological polar surface area (TPSA) is 117 Å². The van der Waals surface area contributed by atoms with Gasteiger partial charge in [-0.05, 0) is 45.7 Å². The number of imidazole rings is 1. The number of nitrogens with one attached hydrogen (secondary N) is 1. The van der Waals surface area contributed by atoms with E-state index in [0.29, 0.717) is 30.7 Å². The van der Waals surface area contributed by atoms with Gasteiger partial charge in [0.2, 0.25) is 5.95 Å². The van der Waals surface area contributed by atoms with Crippen LogP contribution in [-0.4, -0.2) is 75.7 Å². The molecule has 35 heavy (non-hydrogen) atoms. The zero-order valence-corrected chi connectivity index (χ0v) is 20.4. The summed E-state index contributed by atoms with van der Waals surface area (Å²) >= 11 is 0. The maximum atomic E-state index is 12.1. The molecule has 0 saturated carbocycles. The number of fused-ring (bicyclic) bond motifs is 1. The van der Waals surface area contributed by atoms with Crippen molar-refractivity contribution in [2.24, 2.45) is 0 Å². The molecule has 11 heteroatoms. The van der Waals surface area contributed by atoms with Gasteiger partial charge < -0.3 is 23.7 Å². The predicted molar refractivity (Wildman–Crippen MR) is 131 cm³/mol. The second kappa shape index (κ2) is 9.74. The van der Waals surface area contributed by atoms with E-state index in [1.807, 2.05) is 33.2 Å². The van der Waals surface area contributed by atoms with Crippen molar-refractivity contribution in [1.82, 2.24) is 24.5 Å². The first-order valence-corrected chi connectivity index (χ1v) is 12.0. The van der Waals surface area contributed by atoms with Gasteiger partial charge in [0, 0.05) is 44.1 Å². The van der Waals surface area contributed by atoms with Crippen molar-refractivity contribution in [2.45, 2.75) is 45.3 Å². The van der Waals surface area contributed by atoms with Gasteiger partial charge in [-0.15, -0.1) is 0 Å². The van der Waals surface area contributed by atoms with Crippen LogP contribution in [0.15, 0.2) is 24.7 Å². The molecule has 1 N–H and O–H groups in total. The van der Waals surface area contributed by atoms with Crippen LogP contribution in [-0.2, 0) is 14.2 Å². The van der Waals surface area contributed by atoms with Crippen LogP contribution in [0.5, 0.6) is 0 Å². The number of rotatable bonds is 4. The van der Waals surface area contributed by atoms with Crippen molar-refractivity contribution in [3.8, 4) is 11.3 Å². The van der Waals surface area contributed by atoms with Crippen molar-refractivity contribution >= 4 is 29.0 Å². The lowest BCUT2D eigenvalue weighted by molar-refractivity contribution is 0.0635. The lowest BCUT2D eigenvalue weighted by Gasteiger charge is -2.27. The molecule has 0 aromatic carbocycles. The number of aromatic nitrogens is 5. The molecule has 2 aliphatic heterocycles. The molecule has 2 saturated heterocycles. The van der Waals surface area contributed by atoms with E-state index < -0.39 is 11.7 Å². The van der Waals surface area contributed by atoms with Crippen LogP contribution >= 0.6 is 0 Å².